The van der Waals surface area contributed by atoms with Gasteiger partial charge in [-0.15, -0.1) is 0 Å². The molecular weight excluding hydrogens is 276 g/mol. The quantitative estimate of drug-likeness (QED) is 0.616. The first-order valence-electron chi connectivity index (χ1n) is 6.50. The van der Waals surface area contributed by atoms with Crippen molar-refractivity contribution in [1.82, 2.24) is 5.32 Å². The first-order valence-corrected chi connectivity index (χ1v) is 6.50. The van der Waals surface area contributed by atoms with Crippen molar-refractivity contribution in [2.45, 2.75) is 20.8 Å². The lowest BCUT2D eigenvalue weighted by atomic mass is 9.96. The van der Waals surface area contributed by atoms with E-state index in [1.165, 1.54) is 18.2 Å². The highest BCUT2D eigenvalue weighted by Gasteiger charge is 2.22. The first-order chi connectivity index (χ1) is 9.73. The number of nitrogens with zero attached hydrogens (tertiary/aromatic N) is 1. The fourth-order valence-electron chi connectivity index (χ4n) is 1.92. The monoisotopic (exact) mass is 294 g/mol. The van der Waals surface area contributed by atoms with Gasteiger partial charge < -0.3 is 10.4 Å². The summed E-state index contributed by atoms with van der Waals surface area (Å²) < 4.78 is 0. The number of carboxylic acids is 1. The highest BCUT2D eigenvalue weighted by molar-refractivity contribution is 5.96. The molecule has 0 aliphatic rings. The van der Waals surface area contributed by atoms with Gasteiger partial charge in [0.05, 0.1) is 10.8 Å². The fraction of sp³-hybridized carbons (Fsp3) is 0.429. The third-order valence-corrected chi connectivity index (χ3v) is 3.27. The number of amides is 1. The molecule has 114 valence electrons. The molecule has 1 aromatic carbocycles. The van der Waals surface area contributed by atoms with E-state index in [0.29, 0.717) is 11.1 Å². The standard InChI is InChI=1S/C14H18N2O5/c1-8(2)12(14(18)19)7-15-13(17)11-5-4-10(16(20)21)6-9(11)3/h4-6,8,12H,7H2,1-3H3,(H,15,17)(H,18,19). The Balaban J connectivity index is 2.81. The van der Waals surface area contributed by atoms with Crippen LogP contribution in [-0.2, 0) is 4.79 Å². The molecule has 1 amide bonds. The van der Waals surface area contributed by atoms with E-state index in [2.05, 4.69) is 5.32 Å². The maximum atomic E-state index is 12.0. The summed E-state index contributed by atoms with van der Waals surface area (Å²) in [4.78, 5) is 33.2. The summed E-state index contributed by atoms with van der Waals surface area (Å²) in [5.41, 5.74) is 0.682. The van der Waals surface area contributed by atoms with Crippen molar-refractivity contribution >= 4 is 17.6 Å². The molecule has 0 aliphatic carbocycles. The number of aryl methyl sites for hydroxylation is 1. The number of carbonyl (C=O) groups is 2. The summed E-state index contributed by atoms with van der Waals surface area (Å²) in [7, 11) is 0. The number of non-ortho nitro benzene ring substituents is 1. The fourth-order valence-corrected chi connectivity index (χ4v) is 1.92. The van der Waals surface area contributed by atoms with Gasteiger partial charge in [-0.3, -0.25) is 19.7 Å². The maximum Gasteiger partial charge on any atom is 0.308 e. The van der Waals surface area contributed by atoms with Crippen LogP contribution in [0.15, 0.2) is 18.2 Å². The van der Waals surface area contributed by atoms with Crippen molar-refractivity contribution in [3.8, 4) is 0 Å². The van der Waals surface area contributed by atoms with Crippen LogP contribution in [0.25, 0.3) is 0 Å². The normalized spacial score (nSPS) is 12.0. The number of carboxylic acid groups (broad SMARTS) is 1. The SMILES string of the molecule is Cc1cc([N+](=O)[O-])ccc1C(=O)NCC(C(=O)O)C(C)C. The van der Waals surface area contributed by atoms with Crippen LogP contribution in [0.5, 0.6) is 0 Å². The molecule has 0 aliphatic heterocycles. The van der Waals surface area contributed by atoms with Gasteiger partial charge in [-0.2, -0.15) is 0 Å². The van der Waals surface area contributed by atoms with E-state index in [9.17, 15) is 19.7 Å². The minimum absolute atomic E-state index is 0.0161. The summed E-state index contributed by atoms with van der Waals surface area (Å²) in [6, 6.07) is 3.93. The number of hydrogen-bond acceptors (Lipinski definition) is 4. The third-order valence-electron chi connectivity index (χ3n) is 3.27. The summed E-state index contributed by atoms with van der Waals surface area (Å²) in [5.74, 6) is -2.19. The second kappa shape index (κ2) is 6.83. The number of carbonyl (C=O) groups excluding carboxylic acids is 1. The van der Waals surface area contributed by atoms with Crippen molar-refractivity contribution < 1.29 is 19.6 Å². The average molecular weight is 294 g/mol. The lowest BCUT2D eigenvalue weighted by Gasteiger charge is -2.17. The predicted octanol–water partition coefficient (Wildman–Crippen LogP) is 1.99. The largest absolute Gasteiger partial charge is 0.481 e. The second-order valence-electron chi connectivity index (χ2n) is 5.16. The molecule has 0 heterocycles. The zero-order valence-corrected chi connectivity index (χ0v) is 12.1. The molecule has 0 spiro atoms. The number of aliphatic carboxylic acids is 1. The van der Waals surface area contributed by atoms with Crippen molar-refractivity contribution in [3.05, 3.63) is 39.4 Å². The maximum absolute atomic E-state index is 12.0. The van der Waals surface area contributed by atoms with Crippen LogP contribution < -0.4 is 5.32 Å². The Kier molecular flexibility index (Phi) is 5.40. The van der Waals surface area contributed by atoms with Gasteiger partial charge >= 0.3 is 5.97 Å². The molecule has 1 rings (SSSR count). The molecule has 0 aromatic heterocycles. The first kappa shape index (κ1) is 16.6. The molecule has 1 atom stereocenters. The Labute approximate surface area is 122 Å². The van der Waals surface area contributed by atoms with Crippen LogP contribution in [0.3, 0.4) is 0 Å². The zero-order chi connectivity index (χ0) is 16.2. The zero-order valence-electron chi connectivity index (χ0n) is 12.1. The second-order valence-corrected chi connectivity index (χ2v) is 5.16. The van der Waals surface area contributed by atoms with Gasteiger partial charge in [0.2, 0.25) is 0 Å². The van der Waals surface area contributed by atoms with E-state index in [1.54, 1.807) is 20.8 Å². The Morgan fingerprint density at radius 3 is 2.43 bits per heavy atom. The minimum Gasteiger partial charge on any atom is -0.481 e. The van der Waals surface area contributed by atoms with Crippen LogP contribution in [0.1, 0.15) is 29.8 Å². The molecule has 0 saturated heterocycles. The Morgan fingerprint density at radius 1 is 1.38 bits per heavy atom. The highest BCUT2D eigenvalue weighted by atomic mass is 16.6. The van der Waals surface area contributed by atoms with E-state index >= 15 is 0 Å². The molecule has 1 unspecified atom stereocenters. The molecule has 2 N–H and O–H groups in total. The van der Waals surface area contributed by atoms with Crippen LogP contribution >= 0.6 is 0 Å². The molecule has 0 radical (unpaired) electrons. The molecule has 0 bridgehead atoms. The van der Waals surface area contributed by atoms with E-state index in [4.69, 9.17) is 5.11 Å². The number of nitro groups is 1. The molecule has 7 nitrogen and oxygen atoms in total. The average Bonchev–Trinajstić information content (AvgIpc) is 2.37. The topological polar surface area (TPSA) is 110 Å². The number of rotatable bonds is 6. The van der Waals surface area contributed by atoms with Crippen molar-refractivity contribution in [3.63, 3.8) is 0 Å². The smallest absolute Gasteiger partial charge is 0.308 e. The van der Waals surface area contributed by atoms with Crippen LogP contribution in [0.4, 0.5) is 5.69 Å². The van der Waals surface area contributed by atoms with Gasteiger partial charge in [-0.25, -0.2) is 0 Å². The molecule has 21 heavy (non-hydrogen) atoms. The highest BCUT2D eigenvalue weighted by Crippen LogP contribution is 2.17. The summed E-state index contributed by atoms with van der Waals surface area (Å²) in [6.07, 6.45) is 0. The number of nitro benzene ring substituents is 1. The van der Waals surface area contributed by atoms with E-state index in [0.717, 1.165) is 0 Å². The van der Waals surface area contributed by atoms with E-state index < -0.39 is 22.7 Å². The lowest BCUT2D eigenvalue weighted by molar-refractivity contribution is -0.384. The van der Waals surface area contributed by atoms with Crippen LogP contribution in [0, 0.1) is 28.9 Å². The summed E-state index contributed by atoms with van der Waals surface area (Å²) in [6.45, 7) is 5.14. The van der Waals surface area contributed by atoms with Crippen molar-refractivity contribution in [1.29, 1.82) is 0 Å². The lowest BCUT2D eigenvalue weighted by Crippen LogP contribution is -2.35. The molecule has 0 fully saturated rings. The minimum atomic E-state index is -0.967. The van der Waals surface area contributed by atoms with Gasteiger partial charge in [-0.05, 0) is 24.5 Å². The molecule has 0 saturated carbocycles. The molecule has 1 aromatic rings. The van der Waals surface area contributed by atoms with Gasteiger partial charge in [0.1, 0.15) is 0 Å². The number of benzene rings is 1. The van der Waals surface area contributed by atoms with Crippen molar-refractivity contribution in [2.24, 2.45) is 11.8 Å². The molecule has 7 heteroatoms. The Morgan fingerprint density at radius 2 is 2.00 bits per heavy atom. The van der Waals surface area contributed by atoms with Crippen molar-refractivity contribution in [2.75, 3.05) is 6.54 Å². The van der Waals surface area contributed by atoms with Crippen LogP contribution in [0.2, 0.25) is 0 Å². The summed E-state index contributed by atoms with van der Waals surface area (Å²) >= 11 is 0. The van der Waals surface area contributed by atoms with Gasteiger partial charge in [-0.1, -0.05) is 13.8 Å². The number of hydrogen-bond donors (Lipinski definition) is 2. The molecular formula is C14H18N2O5. The summed E-state index contributed by atoms with van der Waals surface area (Å²) in [5, 5.41) is 22.3. The van der Waals surface area contributed by atoms with E-state index in [1.807, 2.05) is 0 Å². The van der Waals surface area contributed by atoms with Crippen LogP contribution in [-0.4, -0.2) is 28.5 Å². The third kappa shape index (κ3) is 4.27. The van der Waals surface area contributed by atoms with Gasteiger partial charge in [0.15, 0.2) is 0 Å². The van der Waals surface area contributed by atoms with Gasteiger partial charge in [0.25, 0.3) is 11.6 Å². The Bertz CT molecular complexity index is 568. The van der Waals surface area contributed by atoms with E-state index in [-0.39, 0.29) is 18.2 Å². The number of nitrogens with one attached hydrogen (secondary N) is 1. The predicted molar refractivity (Wildman–Crippen MR) is 76.1 cm³/mol. The van der Waals surface area contributed by atoms with Gasteiger partial charge in [0, 0.05) is 24.2 Å². The Hall–Kier alpha value is -2.44.